The predicted molar refractivity (Wildman–Crippen MR) is 100 cm³/mol. The monoisotopic (exact) mass is 355 g/mol. The van der Waals surface area contributed by atoms with Crippen molar-refractivity contribution in [3.8, 4) is 22.8 Å². The molecule has 0 saturated carbocycles. The average Bonchev–Trinajstić information content (AvgIpc) is 2.62. The Balaban J connectivity index is 2.34. The summed E-state index contributed by atoms with van der Waals surface area (Å²) in [6, 6.07) is 11.3. The Morgan fingerprint density at radius 1 is 1.04 bits per heavy atom. The summed E-state index contributed by atoms with van der Waals surface area (Å²) >= 11 is 0. The number of nitrogens with zero attached hydrogens (tertiary/aromatic N) is 1. The number of fused-ring (bicyclic) bond motifs is 1. The lowest BCUT2D eigenvalue weighted by Gasteiger charge is -2.20. The Hall–Kier alpha value is -2.66. The van der Waals surface area contributed by atoms with Crippen LogP contribution in [0.4, 0.5) is 4.39 Å². The first-order chi connectivity index (χ1) is 12.4. The molecule has 4 nitrogen and oxygen atoms in total. The van der Waals surface area contributed by atoms with E-state index in [1.165, 1.54) is 12.1 Å². The maximum atomic E-state index is 13.4. The third kappa shape index (κ3) is 3.48. The van der Waals surface area contributed by atoms with E-state index in [-0.39, 0.29) is 24.1 Å². The summed E-state index contributed by atoms with van der Waals surface area (Å²) in [6.45, 7) is 5.67. The normalized spacial score (nSPS) is 12.5. The molecule has 0 saturated heterocycles. The molecule has 1 unspecified atom stereocenters. The minimum absolute atomic E-state index is 0.0973. The predicted octanol–water partition coefficient (Wildman–Crippen LogP) is 4.63. The second-order valence-corrected chi connectivity index (χ2v) is 6.68. The van der Waals surface area contributed by atoms with E-state index in [2.05, 4.69) is 0 Å². The summed E-state index contributed by atoms with van der Waals surface area (Å²) < 4.78 is 19.2. The van der Waals surface area contributed by atoms with E-state index in [0.717, 1.165) is 22.2 Å². The molecule has 0 spiro atoms. The molecular formula is C21H22FNO3. The van der Waals surface area contributed by atoms with Crippen LogP contribution in [0.1, 0.15) is 32.4 Å². The van der Waals surface area contributed by atoms with Gasteiger partial charge in [0.15, 0.2) is 0 Å². The lowest BCUT2D eigenvalue weighted by atomic mass is 9.92. The molecule has 3 rings (SSSR count). The van der Waals surface area contributed by atoms with E-state index in [0.29, 0.717) is 11.3 Å². The van der Waals surface area contributed by atoms with Crippen molar-refractivity contribution < 1.29 is 19.3 Å². The average molecular weight is 355 g/mol. The number of pyridine rings is 1. The zero-order valence-corrected chi connectivity index (χ0v) is 15.0. The molecule has 0 bridgehead atoms. The molecule has 0 amide bonds. The van der Waals surface area contributed by atoms with Gasteiger partial charge in [0.2, 0.25) is 5.88 Å². The molecule has 5 heteroatoms. The van der Waals surface area contributed by atoms with Gasteiger partial charge in [0.25, 0.3) is 0 Å². The lowest BCUT2D eigenvalue weighted by molar-refractivity contribution is 0.126. The highest BCUT2D eigenvalue weighted by Crippen LogP contribution is 2.40. The highest BCUT2D eigenvalue weighted by molar-refractivity contribution is 6.01. The number of aromatic nitrogens is 1. The zero-order chi connectivity index (χ0) is 18.8. The largest absolute Gasteiger partial charge is 0.508 e. The van der Waals surface area contributed by atoms with Crippen LogP contribution in [-0.2, 0) is 0 Å². The first kappa shape index (κ1) is 18.1. The van der Waals surface area contributed by atoms with Gasteiger partial charge in [0.05, 0.1) is 12.3 Å². The van der Waals surface area contributed by atoms with Gasteiger partial charge in [-0.1, -0.05) is 26.0 Å². The quantitative estimate of drug-likeness (QED) is 0.700. The second-order valence-electron chi connectivity index (χ2n) is 6.68. The molecule has 1 atom stereocenters. The third-order valence-corrected chi connectivity index (χ3v) is 4.23. The number of aromatic hydroxyl groups is 1. The SMILES string of the molecule is CC(CO)Oc1nc(C(C)C)c(-c2ccc(F)cc2)c2ccc(O)cc12. The highest BCUT2D eigenvalue weighted by atomic mass is 19.1. The van der Waals surface area contributed by atoms with E-state index >= 15 is 0 Å². The molecule has 2 aromatic carbocycles. The van der Waals surface area contributed by atoms with Crippen molar-refractivity contribution in [2.45, 2.75) is 32.8 Å². The molecule has 1 aromatic heterocycles. The number of aliphatic hydroxyl groups is 1. The topological polar surface area (TPSA) is 62.6 Å². The standard InChI is InChI=1S/C21H22FNO3/c1-12(2)20-19(14-4-6-15(22)7-5-14)17-9-8-16(25)10-18(17)21(23-20)26-13(3)11-24/h4-10,12-13,24-25H,11H2,1-3H3. The summed E-state index contributed by atoms with van der Waals surface area (Å²) in [4.78, 5) is 4.69. The Morgan fingerprint density at radius 3 is 2.35 bits per heavy atom. The van der Waals surface area contributed by atoms with Crippen molar-refractivity contribution in [1.29, 1.82) is 0 Å². The number of phenols is 1. The van der Waals surface area contributed by atoms with Crippen LogP contribution in [0.3, 0.4) is 0 Å². The molecule has 136 valence electrons. The number of rotatable bonds is 5. The van der Waals surface area contributed by atoms with E-state index in [1.54, 1.807) is 31.2 Å². The van der Waals surface area contributed by atoms with Crippen molar-refractivity contribution in [3.05, 3.63) is 54.0 Å². The van der Waals surface area contributed by atoms with Gasteiger partial charge in [-0.3, -0.25) is 0 Å². The number of aliphatic hydroxyl groups excluding tert-OH is 1. The van der Waals surface area contributed by atoms with Gasteiger partial charge >= 0.3 is 0 Å². The first-order valence-corrected chi connectivity index (χ1v) is 8.60. The van der Waals surface area contributed by atoms with Gasteiger partial charge in [0, 0.05) is 10.9 Å². The van der Waals surface area contributed by atoms with Crippen molar-refractivity contribution >= 4 is 10.8 Å². The number of hydrogen-bond donors (Lipinski definition) is 2. The van der Waals surface area contributed by atoms with Crippen LogP contribution < -0.4 is 4.74 Å². The maximum Gasteiger partial charge on any atom is 0.222 e. The van der Waals surface area contributed by atoms with Gasteiger partial charge in [-0.05, 0) is 54.1 Å². The molecule has 1 heterocycles. The fourth-order valence-electron chi connectivity index (χ4n) is 2.95. The Morgan fingerprint density at radius 2 is 1.73 bits per heavy atom. The van der Waals surface area contributed by atoms with Crippen LogP contribution in [-0.4, -0.2) is 27.9 Å². The Kier molecular flexibility index (Phi) is 5.09. The second kappa shape index (κ2) is 7.30. The summed E-state index contributed by atoms with van der Waals surface area (Å²) in [5.41, 5.74) is 2.55. The fourth-order valence-corrected chi connectivity index (χ4v) is 2.95. The third-order valence-electron chi connectivity index (χ3n) is 4.23. The summed E-state index contributed by atoms with van der Waals surface area (Å²) in [7, 11) is 0. The first-order valence-electron chi connectivity index (χ1n) is 8.60. The van der Waals surface area contributed by atoms with Gasteiger partial charge in [-0.2, -0.15) is 0 Å². The zero-order valence-electron chi connectivity index (χ0n) is 15.0. The Labute approximate surface area is 151 Å². The summed E-state index contributed by atoms with van der Waals surface area (Å²) in [5.74, 6) is 0.265. The van der Waals surface area contributed by atoms with Crippen LogP contribution in [0.25, 0.3) is 21.9 Å². The number of ether oxygens (including phenoxy) is 1. The van der Waals surface area contributed by atoms with Gasteiger partial charge < -0.3 is 14.9 Å². The lowest BCUT2D eigenvalue weighted by Crippen LogP contribution is -2.17. The minimum atomic E-state index is -0.426. The molecule has 0 fully saturated rings. The van der Waals surface area contributed by atoms with Crippen LogP contribution in [0.15, 0.2) is 42.5 Å². The molecule has 0 radical (unpaired) electrons. The smallest absolute Gasteiger partial charge is 0.222 e. The van der Waals surface area contributed by atoms with Crippen molar-refractivity contribution in [3.63, 3.8) is 0 Å². The van der Waals surface area contributed by atoms with E-state index in [1.807, 2.05) is 19.9 Å². The van der Waals surface area contributed by atoms with Crippen molar-refractivity contribution in [2.75, 3.05) is 6.61 Å². The summed E-state index contributed by atoms with van der Waals surface area (Å²) in [6.07, 6.45) is -0.426. The van der Waals surface area contributed by atoms with E-state index in [9.17, 15) is 14.6 Å². The number of halogens is 1. The van der Waals surface area contributed by atoms with Crippen molar-refractivity contribution in [1.82, 2.24) is 4.98 Å². The highest BCUT2D eigenvalue weighted by Gasteiger charge is 2.20. The van der Waals surface area contributed by atoms with Crippen LogP contribution in [0, 0.1) is 5.82 Å². The molecular weight excluding hydrogens is 333 g/mol. The number of hydrogen-bond acceptors (Lipinski definition) is 4. The molecule has 2 N–H and O–H groups in total. The van der Waals surface area contributed by atoms with Crippen LogP contribution in [0.2, 0.25) is 0 Å². The van der Waals surface area contributed by atoms with Gasteiger partial charge in [-0.15, -0.1) is 0 Å². The van der Waals surface area contributed by atoms with E-state index in [4.69, 9.17) is 9.72 Å². The van der Waals surface area contributed by atoms with Crippen LogP contribution >= 0.6 is 0 Å². The fraction of sp³-hybridized carbons (Fsp3) is 0.286. The van der Waals surface area contributed by atoms with Crippen molar-refractivity contribution in [2.24, 2.45) is 0 Å². The molecule has 26 heavy (non-hydrogen) atoms. The molecule has 3 aromatic rings. The maximum absolute atomic E-state index is 13.4. The molecule has 0 aliphatic carbocycles. The number of phenolic OH excluding ortho intramolecular Hbond substituents is 1. The Bertz CT molecular complexity index is 923. The van der Waals surface area contributed by atoms with Crippen LogP contribution in [0.5, 0.6) is 11.6 Å². The number of benzene rings is 2. The minimum Gasteiger partial charge on any atom is -0.508 e. The summed E-state index contributed by atoms with van der Waals surface area (Å²) in [5, 5.41) is 20.8. The van der Waals surface area contributed by atoms with E-state index < -0.39 is 6.10 Å². The van der Waals surface area contributed by atoms with Gasteiger partial charge in [-0.25, -0.2) is 9.37 Å². The van der Waals surface area contributed by atoms with Gasteiger partial charge in [0.1, 0.15) is 17.7 Å². The molecule has 0 aliphatic heterocycles. The molecule has 0 aliphatic rings.